The van der Waals surface area contributed by atoms with Gasteiger partial charge in [-0.3, -0.25) is 14.4 Å². The molecule has 0 spiro atoms. The molecule has 2 amide bonds. The predicted octanol–water partition coefficient (Wildman–Crippen LogP) is 2.10. The maximum Gasteiger partial charge on any atom is 0.253 e. The van der Waals surface area contributed by atoms with Gasteiger partial charge in [0.2, 0.25) is 5.91 Å². The van der Waals surface area contributed by atoms with E-state index in [1.165, 1.54) is 0 Å². The average molecular weight is 494 g/mol. The van der Waals surface area contributed by atoms with Crippen LogP contribution >= 0.6 is 0 Å². The summed E-state index contributed by atoms with van der Waals surface area (Å²) in [7, 11) is 0. The van der Waals surface area contributed by atoms with Crippen LogP contribution in [0.3, 0.4) is 0 Å². The van der Waals surface area contributed by atoms with E-state index in [1.54, 1.807) is 11.0 Å². The van der Waals surface area contributed by atoms with E-state index in [0.29, 0.717) is 60.7 Å². The maximum absolute atomic E-state index is 13.3. The lowest BCUT2D eigenvalue weighted by Gasteiger charge is -2.27. The van der Waals surface area contributed by atoms with E-state index in [2.05, 4.69) is 15.6 Å². The van der Waals surface area contributed by atoms with E-state index in [-0.39, 0.29) is 24.1 Å². The molecule has 0 saturated heterocycles. The Morgan fingerprint density at radius 1 is 1.31 bits per heavy atom. The van der Waals surface area contributed by atoms with Crippen molar-refractivity contribution >= 4 is 29.4 Å². The number of carbonyl (C=O) groups is 2. The molecule has 192 valence electrons. The molecule has 1 aliphatic heterocycles. The number of nitrogens with two attached hydrogens (primary N) is 1. The van der Waals surface area contributed by atoms with Gasteiger partial charge >= 0.3 is 0 Å². The number of H-pyrrole nitrogens is 1. The van der Waals surface area contributed by atoms with Gasteiger partial charge < -0.3 is 31.7 Å². The SMILES string of the molecule is Cc1cc(C)c(CNC(=O)c2cc(C3=CCN(C(=O)CCN)CC3)nc(NC(C)C)c2C=N)c(=O)[nH]1. The average Bonchev–Trinajstić information content (AvgIpc) is 2.82. The van der Waals surface area contributed by atoms with Gasteiger partial charge in [0.15, 0.2) is 0 Å². The van der Waals surface area contributed by atoms with Gasteiger partial charge in [0.05, 0.1) is 11.3 Å². The zero-order valence-electron chi connectivity index (χ0n) is 21.3. The smallest absolute Gasteiger partial charge is 0.253 e. The molecule has 0 atom stereocenters. The quantitative estimate of drug-likeness (QED) is 0.337. The molecule has 3 rings (SSSR count). The monoisotopic (exact) mass is 493 g/mol. The van der Waals surface area contributed by atoms with E-state index < -0.39 is 5.91 Å². The van der Waals surface area contributed by atoms with E-state index in [4.69, 9.17) is 16.1 Å². The normalized spacial score (nSPS) is 13.4. The number of hydrogen-bond donors (Lipinski definition) is 5. The summed E-state index contributed by atoms with van der Waals surface area (Å²) >= 11 is 0. The van der Waals surface area contributed by atoms with Crippen LogP contribution in [-0.2, 0) is 11.3 Å². The number of aromatic nitrogens is 2. The third-order valence-corrected chi connectivity index (χ3v) is 6.04. The molecule has 2 aromatic heterocycles. The topological polar surface area (TPSA) is 157 Å². The Labute approximate surface area is 210 Å². The fourth-order valence-electron chi connectivity index (χ4n) is 4.21. The third kappa shape index (κ3) is 6.25. The second kappa shape index (κ2) is 11.8. The minimum Gasteiger partial charge on any atom is -0.367 e. The zero-order valence-corrected chi connectivity index (χ0v) is 21.3. The maximum atomic E-state index is 13.3. The molecule has 0 saturated carbocycles. The van der Waals surface area contributed by atoms with Crippen LogP contribution in [0, 0.1) is 19.3 Å². The molecule has 0 radical (unpaired) electrons. The van der Waals surface area contributed by atoms with Gasteiger partial charge in [-0.1, -0.05) is 6.08 Å². The number of anilines is 1. The van der Waals surface area contributed by atoms with Gasteiger partial charge in [0.1, 0.15) is 5.82 Å². The molecule has 1 aliphatic rings. The first-order valence-corrected chi connectivity index (χ1v) is 12.1. The first kappa shape index (κ1) is 26.8. The second-order valence-corrected chi connectivity index (χ2v) is 9.24. The summed E-state index contributed by atoms with van der Waals surface area (Å²) in [5.74, 6) is 0.0533. The summed E-state index contributed by atoms with van der Waals surface area (Å²) < 4.78 is 0. The highest BCUT2D eigenvalue weighted by Crippen LogP contribution is 2.27. The number of nitrogens with zero attached hydrogens (tertiary/aromatic N) is 2. The zero-order chi connectivity index (χ0) is 26.4. The Balaban J connectivity index is 1.94. The Morgan fingerprint density at radius 2 is 2.06 bits per heavy atom. The molecular formula is C26H35N7O3. The lowest BCUT2D eigenvalue weighted by atomic mass is 9.99. The molecule has 36 heavy (non-hydrogen) atoms. The van der Waals surface area contributed by atoms with Gasteiger partial charge in [-0.2, -0.15) is 0 Å². The third-order valence-electron chi connectivity index (χ3n) is 6.04. The molecule has 0 aromatic carbocycles. The first-order valence-electron chi connectivity index (χ1n) is 12.1. The largest absolute Gasteiger partial charge is 0.367 e. The van der Waals surface area contributed by atoms with Crippen LogP contribution in [-0.4, -0.2) is 58.6 Å². The lowest BCUT2D eigenvalue weighted by Crippen LogP contribution is -2.35. The number of aryl methyl sites for hydroxylation is 2. The summed E-state index contributed by atoms with van der Waals surface area (Å²) in [6.45, 7) is 8.92. The Morgan fingerprint density at radius 3 is 2.64 bits per heavy atom. The highest BCUT2D eigenvalue weighted by molar-refractivity contribution is 6.05. The van der Waals surface area contributed by atoms with E-state index in [9.17, 15) is 14.4 Å². The molecule has 0 fully saturated rings. The number of carbonyl (C=O) groups excluding carboxylic acids is 2. The fraction of sp³-hybridized carbons (Fsp3) is 0.423. The molecule has 6 N–H and O–H groups in total. The van der Waals surface area contributed by atoms with Crippen LogP contribution in [0.25, 0.3) is 5.57 Å². The lowest BCUT2D eigenvalue weighted by molar-refractivity contribution is -0.130. The van der Waals surface area contributed by atoms with Crippen molar-refractivity contribution in [2.45, 2.75) is 53.1 Å². The van der Waals surface area contributed by atoms with Crippen molar-refractivity contribution in [2.24, 2.45) is 5.73 Å². The van der Waals surface area contributed by atoms with Crippen molar-refractivity contribution in [3.63, 3.8) is 0 Å². The minimum atomic E-state index is -0.403. The summed E-state index contributed by atoms with van der Waals surface area (Å²) in [5, 5.41) is 14.0. The van der Waals surface area contributed by atoms with Crippen molar-refractivity contribution in [1.29, 1.82) is 5.41 Å². The number of rotatable bonds is 9. The van der Waals surface area contributed by atoms with Crippen LogP contribution in [0.5, 0.6) is 0 Å². The number of pyridine rings is 2. The van der Waals surface area contributed by atoms with Crippen LogP contribution in [0.1, 0.15) is 65.1 Å². The fourth-order valence-corrected chi connectivity index (χ4v) is 4.21. The molecule has 2 aromatic rings. The summed E-state index contributed by atoms with van der Waals surface area (Å²) in [6.07, 6.45) is 3.96. The first-order chi connectivity index (χ1) is 17.1. The standard InChI is InChI=1S/C26H35N7O3/c1-15(2)30-24-20(13-28)19(25(35)29-14-21-16(3)11-17(4)31-26(21)36)12-22(32-24)18-6-9-33(10-7-18)23(34)5-8-27/h6,11-13,15,28H,5,7-10,14,27H2,1-4H3,(H,29,35)(H,30,32)(H,31,36). The van der Waals surface area contributed by atoms with Crippen LogP contribution in [0.2, 0.25) is 0 Å². The molecule has 10 heteroatoms. The van der Waals surface area contributed by atoms with Gasteiger partial charge in [0, 0.05) is 61.7 Å². The van der Waals surface area contributed by atoms with Crippen molar-refractivity contribution in [1.82, 2.24) is 20.2 Å². The molecule has 0 aliphatic carbocycles. The number of aromatic amines is 1. The molecule has 10 nitrogen and oxygen atoms in total. The molecule has 0 bridgehead atoms. The molecular weight excluding hydrogens is 458 g/mol. The van der Waals surface area contributed by atoms with Crippen molar-refractivity contribution < 1.29 is 9.59 Å². The van der Waals surface area contributed by atoms with Crippen molar-refractivity contribution in [2.75, 3.05) is 25.0 Å². The van der Waals surface area contributed by atoms with Crippen LogP contribution in [0.4, 0.5) is 5.82 Å². The second-order valence-electron chi connectivity index (χ2n) is 9.24. The van der Waals surface area contributed by atoms with Crippen molar-refractivity contribution in [3.8, 4) is 0 Å². The number of hydrogen-bond acceptors (Lipinski definition) is 7. The summed E-state index contributed by atoms with van der Waals surface area (Å²) in [6, 6.07) is 3.57. The summed E-state index contributed by atoms with van der Waals surface area (Å²) in [5.41, 5.74) is 9.51. The van der Waals surface area contributed by atoms with E-state index in [0.717, 1.165) is 23.0 Å². The highest BCUT2D eigenvalue weighted by Gasteiger charge is 2.22. The van der Waals surface area contributed by atoms with E-state index >= 15 is 0 Å². The molecule has 3 heterocycles. The number of nitrogens with one attached hydrogen (secondary N) is 4. The van der Waals surface area contributed by atoms with Gasteiger partial charge in [0.25, 0.3) is 11.5 Å². The van der Waals surface area contributed by atoms with Crippen LogP contribution < -0.4 is 21.9 Å². The predicted molar refractivity (Wildman–Crippen MR) is 141 cm³/mol. The van der Waals surface area contributed by atoms with Crippen LogP contribution in [0.15, 0.2) is 23.0 Å². The Hall–Kier alpha value is -3.79. The van der Waals surface area contributed by atoms with Crippen molar-refractivity contribution in [3.05, 3.63) is 62.2 Å². The summed E-state index contributed by atoms with van der Waals surface area (Å²) in [4.78, 5) is 47.1. The Kier molecular flexibility index (Phi) is 8.76. The number of amides is 2. The van der Waals surface area contributed by atoms with Gasteiger partial charge in [-0.25, -0.2) is 4.98 Å². The Bertz CT molecular complexity index is 1250. The van der Waals surface area contributed by atoms with Gasteiger partial charge in [-0.05, 0) is 57.4 Å². The van der Waals surface area contributed by atoms with E-state index in [1.807, 2.05) is 39.8 Å². The highest BCUT2D eigenvalue weighted by atomic mass is 16.2. The van der Waals surface area contributed by atoms with Gasteiger partial charge in [-0.15, -0.1) is 0 Å². The minimum absolute atomic E-state index is 0.0172. The molecule has 0 unspecified atom stereocenters.